The van der Waals surface area contributed by atoms with E-state index in [0.717, 1.165) is 32.2 Å². The van der Waals surface area contributed by atoms with Crippen molar-refractivity contribution in [1.82, 2.24) is 9.88 Å². The standard InChI is InChI=1S/C20H21N5O2S/c1-2-11-6-3-4-8-25(11)20(26)17-16(22)15-14(13-7-5-9-27-13)12(10-21)18(23)24-19(15)28-17/h5,7,9,11H,2-4,6,8,22H2,1H3,(H2,23,24). The lowest BCUT2D eigenvalue weighted by molar-refractivity contribution is 0.0614. The van der Waals surface area contributed by atoms with E-state index in [4.69, 9.17) is 15.9 Å². The largest absolute Gasteiger partial charge is 0.464 e. The monoisotopic (exact) mass is 395 g/mol. The molecule has 3 aromatic rings. The molecule has 1 atom stereocenters. The van der Waals surface area contributed by atoms with Crippen LogP contribution in [0, 0.1) is 11.3 Å². The van der Waals surface area contributed by atoms with Gasteiger partial charge < -0.3 is 20.8 Å². The topological polar surface area (TPSA) is 122 Å². The smallest absolute Gasteiger partial charge is 0.266 e. The summed E-state index contributed by atoms with van der Waals surface area (Å²) in [6.45, 7) is 2.83. The molecule has 4 rings (SSSR count). The zero-order valence-corrected chi connectivity index (χ0v) is 16.4. The maximum absolute atomic E-state index is 13.3. The maximum atomic E-state index is 13.3. The van der Waals surface area contributed by atoms with E-state index >= 15 is 0 Å². The number of furan rings is 1. The van der Waals surface area contributed by atoms with E-state index in [1.54, 1.807) is 12.1 Å². The summed E-state index contributed by atoms with van der Waals surface area (Å²) in [6, 6.07) is 5.79. The Balaban J connectivity index is 1.91. The number of nitrogens with zero attached hydrogens (tertiary/aromatic N) is 3. The molecule has 28 heavy (non-hydrogen) atoms. The predicted octanol–water partition coefficient (Wildman–Crippen LogP) is 4.00. The number of hydrogen-bond acceptors (Lipinski definition) is 7. The zero-order chi connectivity index (χ0) is 19.8. The summed E-state index contributed by atoms with van der Waals surface area (Å²) in [5.74, 6) is 0.504. The number of rotatable bonds is 3. The summed E-state index contributed by atoms with van der Waals surface area (Å²) < 4.78 is 5.52. The van der Waals surface area contributed by atoms with Crippen molar-refractivity contribution < 1.29 is 9.21 Å². The summed E-state index contributed by atoms with van der Waals surface area (Å²) in [6.07, 6.45) is 5.57. The second kappa shape index (κ2) is 7.17. The molecular formula is C20H21N5O2S. The second-order valence-electron chi connectivity index (χ2n) is 6.92. The fraction of sp³-hybridized carbons (Fsp3) is 0.350. The van der Waals surface area contributed by atoms with Gasteiger partial charge in [0.2, 0.25) is 0 Å². The first kappa shape index (κ1) is 18.3. The molecule has 1 fully saturated rings. The Hall–Kier alpha value is -3.05. The lowest BCUT2D eigenvalue weighted by Crippen LogP contribution is -2.43. The molecule has 1 saturated heterocycles. The van der Waals surface area contributed by atoms with Gasteiger partial charge in [0.15, 0.2) is 0 Å². The minimum Gasteiger partial charge on any atom is -0.464 e. The van der Waals surface area contributed by atoms with Gasteiger partial charge in [-0.25, -0.2) is 4.98 Å². The SMILES string of the molecule is CCC1CCCCN1C(=O)c1sc2nc(N)c(C#N)c(-c3ccco3)c2c1N. The fourth-order valence-electron chi connectivity index (χ4n) is 3.93. The van der Waals surface area contributed by atoms with Gasteiger partial charge in [0.1, 0.15) is 32.9 Å². The zero-order valence-electron chi connectivity index (χ0n) is 15.6. The van der Waals surface area contributed by atoms with E-state index in [1.165, 1.54) is 17.6 Å². The summed E-state index contributed by atoms with van der Waals surface area (Å²) >= 11 is 1.22. The van der Waals surface area contributed by atoms with Crippen LogP contribution in [0.1, 0.15) is 47.8 Å². The molecule has 1 aliphatic rings. The summed E-state index contributed by atoms with van der Waals surface area (Å²) in [7, 11) is 0. The first-order valence-electron chi connectivity index (χ1n) is 9.33. The Morgan fingerprint density at radius 2 is 2.29 bits per heavy atom. The molecule has 0 bridgehead atoms. The second-order valence-corrected chi connectivity index (χ2v) is 7.92. The van der Waals surface area contributed by atoms with Crippen molar-refractivity contribution in [2.24, 2.45) is 0 Å². The van der Waals surface area contributed by atoms with Gasteiger partial charge in [0, 0.05) is 18.0 Å². The number of fused-ring (bicyclic) bond motifs is 1. The van der Waals surface area contributed by atoms with Crippen LogP contribution in [0.5, 0.6) is 0 Å². The molecule has 3 aromatic heterocycles. The number of hydrogen-bond donors (Lipinski definition) is 2. The Kier molecular flexibility index (Phi) is 4.69. The van der Waals surface area contributed by atoms with Gasteiger partial charge in [-0.3, -0.25) is 4.79 Å². The Labute approximate surface area is 166 Å². The Bertz CT molecular complexity index is 1080. The lowest BCUT2D eigenvalue weighted by Gasteiger charge is -2.35. The highest BCUT2D eigenvalue weighted by molar-refractivity contribution is 7.21. The molecule has 0 aliphatic carbocycles. The van der Waals surface area contributed by atoms with Crippen LogP contribution in [0.4, 0.5) is 11.5 Å². The first-order valence-corrected chi connectivity index (χ1v) is 10.1. The minimum atomic E-state index is -0.0745. The van der Waals surface area contributed by atoms with E-state index in [1.807, 2.05) is 4.90 Å². The number of anilines is 2. The Morgan fingerprint density at radius 3 is 2.96 bits per heavy atom. The number of likely N-dealkylation sites (tertiary alicyclic amines) is 1. The van der Waals surface area contributed by atoms with E-state index < -0.39 is 0 Å². The van der Waals surface area contributed by atoms with E-state index in [2.05, 4.69) is 18.0 Å². The molecule has 4 N–H and O–H groups in total. The number of pyridine rings is 1. The average molecular weight is 395 g/mol. The number of nitrogens with two attached hydrogens (primary N) is 2. The summed E-state index contributed by atoms with van der Waals surface area (Å²) in [5, 5.41) is 10.2. The number of carbonyl (C=O) groups excluding carboxylic acids is 1. The summed E-state index contributed by atoms with van der Waals surface area (Å²) in [5.41, 5.74) is 13.5. The molecule has 8 heteroatoms. The van der Waals surface area contributed by atoms with Crippen LogP contribution < -0.4 is 11.5 Å². The van der Waals surface area contributed by atoms with Crippen molar-refractivity contribution in [1.29, 1.82) is 5.26 Å². The minimum absolute atomic E-state index is 0.0745. The number of amides is 1. The predicted molar refractivity (Wildman–Crippen MR) is 110 cm³/mol. The van der Waals surface area contributed by atoms with Crippen molar-refractivity contribution in [2.75, 3.05) is 18.0 Å². The lowest BCUT2D eigenvalue weighted by atomic mass is 9.99. The molecule has 1 unspecified atom stereocenters. The Morgan fingerprint density at radius 1 is 1.46 bits per heavy atom. The summed E-state index contributed by atoms with van der Waals surface area (Å²) in [4.78, 5) is 20.6. The van der Waals surface area contributed by atoms with Crippen molar-refractivity contribution in [3.63, 3.8) is 0 Å². The third-order valence-corrected chi connectivity index (χ3v) is 6.42. The highest BCUT2D eigenvalue weighted by atomic mass is 32.1. The molecule has 0 radical (unpaired) electrons. The number of carbonyl (C=O) groups is 1. The van der Waals surface area contributed by atoms with Gasteiger partial charge >= 0.3 is 0 Å². The molecule has 1 aliphatic heterocycles. The number of nitriles is 1. The highest BCUT2D eigenvalue weighted by Crippen LogP contribution is 2.43. The third kappa shape index (κ3) is 2.79. The molecule has 7 nitrogen and oxygen atoms in total. The van der Waals surface area contributed by atoms with Crippen molar-refractivity contribution in [3.8, 4) is 17.4 Å². The maximum Gasteiger partial charge on any atom is 0.266 e. The van der Waals surface area contributed by atoms with Crippen LogP contribution >= 0.6 is 11.3 Å². The van der Waals surface area contributed by atoms with Gasteiger partial charge in [-0.1, -0.05) is 6.92 Å². The molecule has 1 amide bonds. The van der Waals surface area contributed by atoms with Crippen LogP contribution in [0.25, 0.3) is 21.5 Å². The highest BCUT2D eigenvalue weighted by Gasteiger charge is 2.31. The van der Waals surface area contributed by atoms with Gasteiger partial charge in [-0.15, -0.1) is 11.3 Å². The van der Waals surface area contributed by atoms with Gasteiger partial charge in [-0.2, -0.15) is 5.26 Å². The molecule has 144 valence electrons. The number of thiophene rings is 1. The van der Waals surface area contributed by atoms with Crippen LogP contribution in [-0.4, -0.2) is 28.4 Å². The quantitative estimate of drug-likeness (QED) is 0.691. The van der Waals surface area contributed by atoms with Crippen molar-refractivity contribution in [3.05, 3.63) is 28.8 Å². The fourth-order valence-corrected chi connectivity index (χ4v) is 5.00. The first-order chi connectivity index (χ1) is 13.6. The molecule has 4 heterocycles. The third-order valence-electron chi connectivity index (χ3n) is 5.34. The van der Waals surface area contributed by atoms with E-state index in [-0.39, 0.29) is 23.3 Å². The van der Waals surface area contributed by atoms with Crippen LogP contribution in [0.15, 0.2) is 22.8 Å². The van der Waals surface area contributed by atoms with Gasteiger partial charge in [0.25, 0.3) is 5.91 Å². The number of aromatic nitrogens is 1. The van der Waals surface area contributed by atoms with Crippen LogP contribution in [0.2, 0.25) is 0 Å². The number of piperidine rings is 1. The molecule has 0 aromatic carbocycles. The van der Waals surface area contributed by atoms with Gasteiger partial charge in [0.05, 0.1) is 17.5 Å². The molecule has 0 saturated carbocycles. The van der Waals surface area contributed by atoms with Crippen molar-refractivity contribution in [2.45, 2.75) is 38.6 Å². The number of nitrogen functional groups attached to an aromatic ring is 2. The van der Waals surface area contributed by atoms with Crippen LogP contribution in [0.3, 0.4) is 0 Å². The normalized spacial score (nSPS) is 17.0. The average Bonchev–Trinajstić information content (AvgIpc) is 3.35. The van der Waals surface area contributed by atoms with Crippen molar-refractivity contribution >= 4 is 39.0 Å². The van der Waals surface area contributed by atoms with E-state index in [9.17, 15) is 10.1 Å². The molecular weight excluding hydrogens is 374 g/mol. The van der Waals surface area contributed by atoms with Gasteiger partial charge in [-0.05, 0) is 37.8 Å². The van der Waals surface area contributed by atoms with E-state index in [0.29, 0.717) is 32.1 Å². The molecule has 0 spiro atoms. The van der Waals surface area contributed by atoms with Crippen LogP contribution in [-0.2, 0) is 0 Å².